The summed E-state index contributed by atoms with van der Waals surface area (Å²) in [6.07, 6.45) is 18.2. The van der Waals surface area contributed by atoms with E-state index < -0.39 is 0 Å². The largest absolute Gasteiger partial charge is 0.314 e. The minimum Gasteiger partial charge on any atom is -0.314 e. The van der Waals surface area contributed by atoms with E-state index in [-0.39, 0.29) is 0 Å². The molecule has 0 radical (unpaired) electrons. The van der Waals surface area contributed by atoms with E-state index in [0.717, 1.165) is 12.0 Å². The van der Waals surface area contributed by atoms with Gasteiger partial charge in [-0.2, -0.15) is 0 Å². The van der Waals surface area contributed by atoms with E-state index in [2.05, 4.69) is 40.5 Å². The molecule has 2 aliphatic rings. The third kappa shape index (κ3) is 8.35. The number of likely N-dealkylation sites (tertiary alicyclic amines) is 1. The molecular weight excluding hydrogens is 328 g/mol. The van der Waals surface area contributed by atoms with E-state index in [9.17, 15) is 0 Å². The Balaban J connectivity index is 1.38. The maximum atomic E-state index is 3.76. The fourth-order valence-electron chi connectivity index (χ4n) is 5.07. The van der Waals surface area contributed by atoms with Crippen LogP contribution in [0.15, 0.2) is 30.3 Å². The van der Waals surface area contributed by atoms with Crippen LogP contribution in [0.25, 0.3) is 0 Å². The van der Waals surface area contributed by atoms with Crippen LogP contribution in [0.3, 0.4) is 0 Å². The molecule has 2 saturated heterocycles. The monoisotopic (exact) mass is 370 g/mol. The van der Waals surface area contributed by atoms with Gasteiger partial charge in [0, 0.05) is 6.04 Å². The Morgan fingerprint density at radius 1 is 0.889 bits per heavy atom. The van der Waals surface area contributed by atoms with Gasteiger partial charge in [0.05, 0.1) is 0 Å². The summed E-state index contributed by atoms with van der Waals surface area (Å²) < 4.78 is 0. The zero-order chi connectivity index (χ0) is 18.6. The molecule has 2 atom stereocenters. The van der Waals surface area contributed by atoms with Gasteiger partial charge in [0.15, 0.2) is 0 Å². The number of hydrogen-bond donors (Lipinski definition) is 1. The van der Waals surface area contributed by atoms with Crippen LogP contribution in [0.5, 0.6) is 0 Å². The topological polar surface area (TPSA) is 15.3 Å². The molecule has 0 saturated carbocycles. The van der Waals surface area contributed by atoms with Gasteiger partial charge >= 0.3 is 0 Å². The molecule has 2 heterocycles. The first-order chi connectivity index (χ1) is 13.4. The van der Waals surface area contributed by atoms with Gasteiger partial charge in [0.2, 0.25) is 0 Å². The Hall–Kier alpha value is -0.860. The highest BCUT2D eigenvalue weighted by atomic mass is 15.1. The third-order valence-corrected chi connectivity index (χ3v) is 6.79. The molecule has 1 aromatic carbocycles. The molecule has 27 heavy (non-hydrogen) atoms. The van der Waals surface area contributed by atoms with E-state index in [1.165, 1.54) is 115 Å². The number of benzene rings is 1. The summed E-state index contributed by atoms with van der Waals surface area (Å²) in [6.45, 7) is 5.30. The smallest absolute Gasteiger partial charge is 0.00671 e. The molecule has 2 nitrogen and oxygen atoms in total. The maximum Gasteiger partial charge on any atom is 0.00671 e. The lowest BCUT2D eigenvalue weighted by atomic mass is 9.88. The normalized spacial score (nSPS) is 22.6. The number of hydrogen-bond acceptors (Lipinski definition) is 2. The number of nitrogens with one attached hydrogen (secondary N) is 1. The minimum atomic E-state index is 0.803. The van der Waals surface area contributed by atoms with Crippen molar-refractivity contribution in [2.75, 3.05) is 26.2 Å². The Bertz CT molecular complexity index is 474. The summed E-state index contributed by atoms with van der Waals surface area (Å²) in [7, 11) is 0. The van der Waals surface area contributed by atoms with Gasteiger partial charge < -0.3 is 10.2 Å². The Labute approximate surface area is 168 Å². The van der Waals surface area contributed by atoms with Crippen molar-refractivity contribution in [1.29, 1.82) is 0 Å². The lowest BCUT2D eigenvalue weighted by Crippen LogP contribution is -2.34. The van der Waals surface area contributed by atoms with Gasteiger partial charge in [-0.1, -0.05) is 49.6 Å². The quantitative estimate of drug-likeness (QED) is 0.528. The zero-order valence-electron chi connectivity index (χ0n) is 17.5. The second-order valence-corrected chi connectivity index (χ2v) is 9.01. The first-order valence-electron chi connectivity index (χ1n) is 11.9. The van der Waals surface area contributed by atoms with Crippen molar-refractivity contribution in [3.63, 3.8) is 0 Å². The van der Waals surface area contributed by atoms with Gasteiger partial charge in [0.25, 0.3) is 0 Å². The number of piperidine rings is 2. The lowest BCUT2D eigenvalue weighted by molar-refractivity contribution is 0.216. The van der Waals surface area contributed by atoms with Crippen LogP contribution < -0.4 is 5.32 Å². The van der Waals surface area contributed by atoms with Crippen molar-refractivity contribution in [2.24, 2.45) is 5.92 Å². The van der Waals surface area contributed by atoms with Crippen molar-refractivity contribution < 1.29 is 0 Å². The predicted octanol–water partition coefficient (Wildman–Crippen LogP) is 5.81. The van der Waals surface area contributed by atoms with E-state index >= 15 is 0 Å². The molecule has 0 aromatic heterocycles. The number of nitrogens with zero attached hydrogens (tertiary/aromatic N) is 1. The molecule has 2 fully saturated rings. The lowest BCUT2D eigenvalue weighted by Gasteiger charge is -2.28. The fourth-order valence-corrected chi connectivity index (χ4v) is 5.07. The molecule has 2 aliphatic heterocycles. The highest BCUT2D eigenvalue weighted by molar-refractivity contribution is 5.14. The molecule has 0 bridgehead atoms. The van der Waals surface area contributed by atoms with Gasteiger partial charge in [-0.3, -0.25) is 0 Å². The molecule has 0 amide bonds. The first-order valence-corrected chi connectivity index (χ1v) is 11.9. The van der Waals surface area contributed by atoms with E-state index in [1.54, 1.807) is 0 Å². The average molecular weight is 371 g/mol. The SMILES string of the molecule is c1ccc(CCCC(CCCN2CCCCC2)CCC2CCCCN2)cc1. The van der Waals surface area contributed by atoms with Crippen LogP contribution in [0, 0.1) is 5.92 Å². The van der Waals surface area contributed by atoms with Crippen LogP contribution in [0.1, 0.15) is 82.6 Å². The molecule has 0 aliphatic carbocycles. The average Bonchev–Trinajstić information content (AvgIpc) is 2.74. The van der Waals surface area contributed by atoms with Crippen molar-refractivity contribution in [3.8, 4) is 0 Å². The van der Waals surface area contributed by atoms with Gasteiger partial charge in [-0.25, -0.2) is 0 Å². The molecular formula is C25H42N2. The van der Waals surface area contributed by atoms with Crippen LogP contribution >= 0.6 is 0 Å². The molecule has 2 heteroatoms. The number of rotatable bonds is 11. The maximum absolute atomic E-state index is 3.76. The predicted molar refractivity (Wildman–Crippen MR) is 117 cm³/mol. The van der Waals surface area contributed by atoms with Crippen molar-refractivity contribution in [1.82, 2.24) is 10.2 Å². The minimum absolute atomic E-state index is 0.803. The summed E-state index contributed by atoms with van der Waals surface area (Å²) in [6, 6.07) is 11.9. The van der Waals surface area contributed by atoms with Gasteiger partial charge in [-0.05, 0) is 102 Å². The fraction of sp³-hybridized carbons (Fsp3) is 0.760. The highest BCUT2D eigenvalue weighted by Crippen LogP contribution is 2.24. The summed E-state index contributed by atoms with van der Waals surface area (Å²) in [4.78, 5) is 2.72. The van der Waals surface area contributed by atoms with Crippen LogP contribution in [0.4, 0.5) is 0 Å². The summed E-state index contributed by atoms with van der Waals surface area (Å²) in [5, 5.41) is 3.76. The van der Waals surface area contributed by atoms with Crippen molar-refractivity contribution >= 4 is 0 Å². The Morgan fingerprint density at radius 3 is 2.48 bits per heavy atom. The van der Waals surface area contributed by atoms with Crippen LogP contribution in [-0.4, -0.2) is 37.1 Å². The molecule has 0 spiro atoms. The molecule has 3 rings (SSSR count). The zero-order valence-corrected chi connectivity index (χ0v) is 17.5. The first kappa shape index (κ1) is 20.9. The van der Waals surface area contributed by atoms with Crippen LogP contribution in [0.2, 0.25) is 0 Å². The van der Waals surface area contributed by atoms with Crippen LogP contribution in [-0.2, 0) is 6.42 Å². The van der Waals surface area contributed by atoms with Gasteiger partial charge in [0.1, 0.15) is 0 Å². The highest BCUT2D eigenvalue weighted by Gasteiger charge is 2.17. The van der Waals surface area contributed by atoms with E-state index in [4.69, 9.17) is 0 Å². The second kappa shape index (κ2) is 12.6. The standard InChI is InChI=1S/C25H42N2/c1-3-11-23(12-4-1)13-9-14-24(17-18-25-16-5-6-19-26-25)15-10-22-27-20-7-2-8-21-27/h1,3-4,11-12,24-26H,2,5-10,13-22H2. The summed E-state index contributed by atoms with van der Waals surface area (Å²) >= 11 is 0. The van der Waals surface area contributed by atoms with E-state index in [0.29, 0.717) is 0 Å². The van der Waals surface area contributed by atoms with E-state index in [1.807, 2.05) is 0 Å². The molecule has 2 unspecified atom stereocenters. The summed E-state index contributed by atoms with van der Waals surface area (Å²) in [5.41, 5.74) is 1.51. The molecule has 1 aromatic rings. The molecule has 1 N–H and O–H groups in total. The Kier molecular flexibility index (Phi) is 9.71. The van der Waals surface area contributed by atoms with Crippen molar-refractivity contribution in [2.45, 2.75) is 89.5 Å². The van der Waals surface area contributed by atoms with Gasteiger partial charge in [-0.15, -0.1) is 0 Å². The number of aryl methyl sites for hydroxylation is 1. The third-order valence-electron chi connectivity index (χ3n) is 6.79. The molecule has 152 valence electrons. The van der Waals surface area contributed by atoms with Crippen molar-refractivity contribution in [3.05, 3.63) is 35.9 Å². The Morgan fingerprint density at radius 2 is 1.70 bits per heavy atom. The second-order valence-electron chi connectivity index (χ2n) is 9.01. The summed E-state index contributed by atoms with van der Waals surface area (Å²) in [5.74, 6) is 0.933.